The zero-order chi connectivity index (χ0) is 11.2. The number of hydrogen-bond donors (Lipinski definition) is 1. The molecule has 0 radical (unpaired) electrons. The van der Waals surface area contributed by atoms with Gasteiger partial charge in [0, 0.05) is 16.6 Å². The second kappa shape index (κ2) is 6.19. The van der Waals surface area contributed by atoms with Crippen molar-refractivity contribution in [3.8, 4) is 0 Å². The molecule has 0 atom stereocenters. The van der Waals surface area contributed by atoms with E-state index in [4.69, 9.17) is 0 Å². The van der Waals surface area contributed by atoms with E-state index in [1.54, 1.807) is 0 Å². The molecule has 0 heterocycles. The number of hydrogen-bond acceptors (Lipinski definition) is 2. The Balaban J connectivity index is 2.01. The molecule has 1 saturated carbocycles. The fraction of sp³-hybridized carbons (Fsp3) is 0.571. The Labute approximate surface area is 103 Å². The van der Waals surface area contributed by atoms with Gasteiger partial charge in [-0.25, -0.2) is 0 Å². The summed E-state index contributed by atoms with van der Waals surface area (Å²) in [6.07, 6.45) is 6.88. The molecule has 0 saturated heterocycles. The minimum absolute atomic E-state index is 0.701. The van der Waals surface area contributed by atoms with E-state index in [9.17, 15) is 0 Å². The molecule has 1 fully saturated rings. The molecule has 0 unspecified atom stereocenters. The van der Waals surface area contributed by atoms with E-state index in [0.717, 1.165) is 5.75 Å². The summed E-state index contributed by atoms with van der Waals surface area (Å²) in [5, 5.41) is 3.71. The molecule has 88 valence electrons. The highest BCUT2D eigenvalue weighted by Crippen LogP contribution is 2.29. The average Bonchev–Trinajstić information content (AvgIpc) is 2.33. The Bertz CT molecular complexity index is 318. The normalized spacial score (nSPS) is 17.3. The van der Waals surface area contributed by atoms with Gasteiger partial charge in [0.25, 0.3) is 0 Å². The van der Waals surface area contributed by atoms with Crippen LogP contribution >= 0.6 is 11.8 Å². The fourth-order valence-corrected chi connectivity index (χ4v) is 3.10. The van der Waals surface area contributed by atoms with Crippen molar-refractivity contribution in [3.05, 3.63) is 24.3 Å². The second-order valence-corrected chi connectivity index (χ2v) is 5.71. The van der Waals surface area contributed by atoms with E-state index in [0.29, 0.717) is 6.04 Å². The van der Waals surface area contributed by atoms with Gasteiger partial charge in [0.15, 0.2) is 0 Å². The van der Waals surface area contributed by atoms with Gasteiger partial charge in [-0.1, -0.05) is 38.3 Å². The number of para-hydroxylation sites is 1. The maximum Gasteiger partial charge on any atom is 0.0480 e. The van der Waals surface area contributed by atoms with E-state index in [1.807, 2.05) is 11.8 Å². The monoisotopic (exact) mass is 235 g/mol. The average molecular weight is 235 g/mol. The Kier molecular flexibility index (Phi) is 4.58. The minimum atomic E-state index is 0.701. The first kappa shape index (κ1) is 11.8. The van der Waals surface area contributed by atoms with Crippen molar-refractivity contribution in [3.63, 3.8) is 0 Å². The Morgan fingerprint density at radius 2 is 1.94 bits per heavy atom. The van der Waals surface area contributed by atoms with Gasteiger partial charge in [0.1, 0.15) is 0 Å². The van der Waals surface area contributed by atoms with Crippen LogP contribution in [0.4, 0.5) is 5.69 Å². The molecule has 1 aromatic rings. The third kappa shape index (κ3) is 3.18. The van der Waals surface area contributed by atoms with Crippen LogP contribution in [0, 0.1) is 0 Å². The molecule has 0 spiro atoms. The first-order chi connectivity index (χ1) is 7.90. The number of thioether (sulfide) groups is 1. The van der Waals surface area contributed by atoms with E-state index in [1.165, 1.54) is 42.7 Å². The predicted molar refractivity (Wildman–Crippen MR) is 73.3 cm³/mol. The van der Waals surface area contributed by atoms with E-state index < -0.39 is 0 Å². The van der Waals surface area contributed by atoms with Gasteiger partial charge < -0.3 is 5.32 Å². The molecule has 2 rings (SSSR count). The summed E-state index contributed by atoms with van der Waals surface area (Å²) in [4.78, 5) is 1.40. The molecular formula is C14H21NS. The Morgan fingerprint density at radius 3 is 2.69 bits per heavy atom. The smallest absolute Gasteiger partial charge is 0.0480 e. The zero-order valence-corrected chi connectivity index (χ0v) is 10.9. The van der Waals surface area contributed by atoms with Crippen LogP contribution in [-0.2, 0) is 0 Å². The van der Waals surface area contributed by atoms with E-state index in [-0.39, 0.29) is 0 Å². The highest BCUT2D eigenvalue weighted by atomic mass is 32.2. The standard InChI is InChI=1S/C14H21NS/c1-2-16-14-11-7-6-10-13(14)15-12-8-4-3-5-9-12/h6-7,10-12,15H,2-5,8-9H2,1H3. The lowest BCUT2D eigenvalue weighted by Crippen LogP contribution is -2.22. The maximum atomic E-state index is 3.71. The maximum absolute atomic E-state index is 3.71. The molecular weight excluding hydrogens is 214 g/mol. The lowest BCUT2D eigenvalue weighted by Gasteiger charge is -2.25. The van der Waals surface area contributed by atoms with Crippen molar-refractivity contribution in [1.29, 1.82) is 0 Å². The highest BCUT2D eigenvalue weighted by molar-refractivity contribution is 7.99. The molecule has 0 aromatic heterocycles. The van der Waals surface area contributed by atoms with E-state index in [2.05, 4.69) is 36.5 Å². The Hall–Kier alpha value is -0.630. The van der Waals surface area contributed by atoms with Crippen LogP contribution in [-0.4, -0.2) is 11.8 Å². The first-order valence-electron chi connectivity index (χ1n) is 6.38. The number of nitrogens with one attached hydrogen (secondary N) is 1. The molecule has 2 heteroatoms. The van der Waals surface area contributed by atoms with Crippen molar-refractivity contribution in [2.75, 3.05) is 11.1 Å². The summed E-state index contributed by atoms with van der Waals surface area (Å²) in [7, 11) is 0. The topological polar surface area (TPSA) is 12.0 Å². The number of benzene rings is 1. The summed E-state index contributed by atoms with van der Waals surface area (Å²) in [6, 6.07) is 9.40. The second-order valence-electron chi connectivity index (χ2n) is 4.41. The lowest BCUT2D eigenvalue weighted by molar-refractivity contribution is 0.462. The number of rotatable bonds is 4. The third-order valence-electron chi connectivity index (χ3n) is 3.15. The molecule has 0 amide bonds. The van der Waals surface area contributed by atoms with Gasteiger partial charge >= 0.3 is 0 Å². The van der Waals surface area contributed by atoms with Crippen LogP contribution in [0.3, 0.4) is 0 Å². The fourth-order valence-electron chi connectivity index (χ4n) is 2.33. The zero-order valence-electron chi connectivity index (χ0n) is 10.0. The van der Waals surface area contributed by atoms with Gasteiger partial charge in [0.2, 0.25) is 0 Å². The van der Waals surface area contributed by atoms with Gasteiger partial charge in [-0.3, -0.25) is 0 Å². The first-order valence-corrected chi connectivity index (χ1v) is 7.37. The van der Waals surface area contributed by atoms with Crippen LogP contribution < -0.4 is 5.32 Å². The third-order valence-corrected chi connectivity index (χ3v) is 4.11. The quantitative estimate of drug-likeness (QED) is 0.769. The SMILES string of the molecule is CCSc1ccccc1NC1CCCCC1. The van der Waals surface area contributed by atoms with Crippen LogP contribution in [0.1, 0.15) is 39.0 Å². The molecule has 1 nitrogen and oxygen atoms in total. The van der Waals surface area contributed by atoms with Gasteiger partial charge in [-0.05, 0) is 30.7 Å². The van der Waals surface area contributed by atoms with Crippen molar-refractivity contribution in [2.45, 2.75) is 50.0 Å². The van der Waals surface area contributed by atoms with Crippen molar-refractivity contribution in [2.24, 2.45) is 0 Å². The number of anilines is 1. The predicted octanol–water partition coefficient (Wildman–Crippen LogP) is 4.54. The van der Waals surface area contributed by atoms with Crippen molar-refractivity contribution < 1.29 is 0 Å². The van der Waals surface area contributed by atoms with Gasteiger partial charge in [-0.2, -0.15) is 0 Å². The summed E-state index contributed by atoms with van der Waals surface area (Å²) >= 11 is 1.93. The van der Waals surface area contributed by atoms with E-state index >= 15 is 0 Å². The van der Waals surface area contributed by atoms with Crippen LogP contribution in [0.2, 0.25) is 0 Å². The van der Waals surface area contributed by atoms with Crippen LogP contribution in [0.15, 0.2) is 29.2 Å². The van der Waals surface area contributed by atoms with Crippen LogP contribution in [0.25, 0.3) is 0 Å². The van der Waals surface area contributed by atoms with Crippen LogP contribution in [0.5, 0.6) is 0 Å². The largest absolute Gasteiger partial charge is 0.381 e. The molecule has 1 aliphatic carbocycles. The molecule has 0 bridgehead atoms. The molecule has 1 aliphatic rings. The summed E-state index contributed by atoms with van der Waals surface area (Å²) < 4.78 is 0. The lowest BCUT2D eigenvalue weighted by atomic mass is 9.95. The molecule has 1 aromatic carbocycles. The summed E-state index contributed by atoms with van der Waals surface area (Å²) in [6.45, 7) is 2.21. The molecule has 1 N–H and O–H groups in total. The summed E-state index contributed by atoms with van der Waals surface area (Å²) in [5.41, 5.74) is 1.33. The van der Waals surface area contributed by atoms with Gasteiger partial charge in [-0.15, -0.1) is 11.8 Å². The van der Waals surface area contributed by atoms with Gasteiger partial charge in [0.05, 0.1) is 0 Å². The molecule has 16 heavy (non-hydrogen) atoms. The Morgan fingerprint density at radius 1 is 1.19 bits per heavy atom. The van der Waals surface area contributed by atoms with Crippen molar-refractivity contribution >= 4 is 17.4 Å². The highest BCUT2D eigenvalue weighted by Gasteiger charge is 2.13. The minimum Gasteiger partial charge on any atom is -0.381 e. The molecule has 0 aliphatic heterocycles. The van der Waals surface area contributed by atoms with Crippen molar-refractivity contribution in [1.82, 2.24) is 0 Å². The summed E-state index contributed by atoms with van der Waals surface area (Å²) in [5.74, 6) is 1.14.